The summed E-state index contributed by atoms with van der Waals surface area (Å²) in [6, 6.07) is 8.02. The fraction of sp³-hybridized carbons (Fsp3) is 0.591. The maximum absolute atomic E-state index is 13.2. The molecular weight excluding hydrogens is 370 g/mol. The number of thioether (sulfide) groups is 1. The molecule has 0 bridgehead atoms. The van der Waals surface area contributed by atoms with Gasteiger partial charge in [0.05, 0.1) is 16.2 Å². The summed E-state index contributed by atoms with van der Waals surface area (Å²) in [7, 11) is 0. The summed E-state index contributed by atoms with van der Waals surface area (Å²) >= 11 is 1.42. The largest absolute Gasteiger partial charge is 0.352 e. The van der Waals surface area contributed by atoms with Crippen LogP contribution in [-0.2, 0) is 4.79 Å². The first-order valence-electron chi connectivity index (χ1n) is 10.6. The second-order valence-electron chi connectivity index (χ2n) is 8.13. The lowest BCUT2D eigenvalue weighted by Crippen LogP contribution is -2.40. The number of aromatic nitrogens is 2. The van der Waals surface area contributed by atoms with E-state index in [2.05, 4.69) is 5.32 Å². The van der Waals surface area contributed by atoms with Crippen LogP contribution >= 0.6 is 11.8 Å². The molecule has 150 valence electrons. The molecule has 1 heterocycles. The minimum atomic E-state index is -0.275. The molecule has 1 unspecified atom stereocenters. The van der Waals surface area contributed by atoms with Crippen LogP contribution in [0.1, 0.15) is 70.8 Å². The van der Waals surface area contributed by atoms with E-state index >= 15 is 0 Å². The number of para-hydroxylation sites is 1. The molecule has 28 heavy (non-hydrogen) atoms. The SMILES string of the molecule is CC(Sc1nc2ccccc2c(=O)n1C1CCCC1)C(=O)NC1CCCCC1. The van der Waals surface area contributed by atoms with Gasteiger partial charge in [-0.05, 0) is 44.7 Å². The number of carbonyl (C=O) groups excluding carboxylic acids is 1. The lowest BCUT2D eigenvalue weighted by molar-refractivity contribution is -0.121. The first kappa shape index (κ1) is 19.5. The number of carbonyl (C=O) groups is 1. The molecule has 0 aliphatic heterocycles. The normalized spacial score (nSPS) is 19.8. The van der Waals surface area contributed by atoms with Gasteiger partial charge in [-0.15, -0.1) is 0 Å². The monoisotopic (exact) mass is 399 g/mol. The summed E-state index contributed by atoms with van der Waals surface area (Å²) in [6.45, 7) is 1.92. The van der Waals surface area contributed by atoms with E-state index in [1.165, 1.54) is 31.0 Å². The summed E-state index contributed by atoms with van der Waals surface area (Å²) < 4.78 is 1.87. The van der Waals surface area contributed by atoms with E-state index < -0.39 is 0 Å². The summed E-state index contributed by atoms with van der Waals surface area (Å²) in [6.07, 6.45) is 10.1. The quantitative estimate of drug-likeness (QED) is 0.596. The van der Waals surface area contributed by atoms with Crippen LogP contribution in [0.4, 0.5) is 0 Å². The fourth-order valence-electron chi connectivity index (χ4n) is 4.47. The van der Waals surface area contributed by atoms with E-state index in [0.29, 0.717) is 22.1 Å². The van der Waals surface area contributed by atoms with Crippen molar-refractivity contribution in [3.63, 3.8) is 0 Å². The molecule has 1 aromatic heterocycles. The summed E-state index contributed by atoms with van der Waals surface area (Å²) in [5.74, 6) is 0.0530. The Morgan fingerprint density at radius 1 is 1.11 bits per heavy atom. The van der Waals surface area contributed by atoms with Crippen molar-refractivity contribution in [2.24, 2.45) is 0 Å². The molecule has 0 radical (unpaired) electrons. The highest BCUT2D eigenvalue weighted by Gasteiger charge is 2.26. The second kappa shape index (κ2) is 8.68. The molecule has 1 atom stereocenters. The smallest absolute Gasteiger partial charge is 0.262 e. The van der Waals surface area contributed by atoms with Gasteiger partial charge in [0.15, 0.2) is 5.16 Å². The number of nitrogens with one attached hydrogen (secondary N) is 1. The highest BCUT2D eigenvalue weighted by Crippen LogP contribution is 2.33. The van der Waals surface area contributed by atoms with Gasteiger partial charge >= 0.3 is 0 Å². The molecule has 2 aromatic rings. The average molecular weight is 400 g/mol. The summed E-state index contributed by atoms with van der Waals surface area (Å²) in [4.78, 5) is 30.8. The summed E-state index contributed by atoms with van der Waals surface area (Å²) in [5.41, 5.74) is 0.740. The van der Waals surface area contributed by atoms with Gasteiger partial charge in [0, 0.05) is 12.1 Å². The molecule has 2 aliphatic carbocycles. The average Bonchev–Trinajstić information content (AvgIpc) is 3.23. The highest BCUT2D eigenvalue weighted by atomic mass is 32.2. The van der Waals surface area contributed by atoms with Gasteiger partial charge in [-0.1, -0.05) is 56.0 Å². The Hall–Kier alpha value is -1.82. The van der Waals surface area contributed by atoms with Crippen molar-refractivity contribution in [2.45, 2.75) is 87.2 Å². The number of benzene rings is 1. The van der Waals surface area contributed by atoms with Crippen LogP contribution in [0.25, 0.3) is 10.9 Å². The predicted molar refractivity (Wildman–Crippen MR) is 114 cm³/mol. The molecule has 5 nitrogen and oxygen atoms in total. The number of hydrogen-bond acceptors (Lipinski definition) is 4. The third-order valence-electron chi connectivity index (χ3n) is 6.07. The molecule has 1 aromatic carbocycles. The van der Waals surface area contributed by atoms with E-state index in [1.54, 1.807) is 0 Å². The number of nitrogens with zero attached hydrogens (tertiary/aromatic N) is 2. The van der Waals surface area contributed by atoms with Crippen molar-refractivity contribution in [1.29, 1.82) is 0 Å². The third-order valence-corrected chi connectivity index (χ3v) is 7.13. The Bertz CT molecular complexity index is 898. The standard InChI is InChI=1S/C22H29N3O2S/c1-15(20(26)23-16-9-3-2-4-10-16)28-22-24-19-14-8-7-13-18(19)21(27)25(22)17-11-5-6-12-17/h7-8,13-17H,2-6,9-12H2,1H3,(H,23,26). The molecule has 1 amide bonds. The number of hydrogen-bond donors (Lipinski definition) is 1. The second-order valence-corrected chi connectivity index (χ2v) is 9.44. The Morgan fingerprint density at radius 2 is 1.79 bits per heavy atom. The van der Waals surface area contributed by atoms with Gasteiger partial charge in [0.1, 0.15) is 0 Å². The number of fused-ring (bicyclic) bond motifs is 1. The lowest BCUT2D eigenvalue weighted by Gasteiger charge is -2.25. The molecule has 2 aliphatic rings. The van der Waals surface area contributed by atoms with Crippen molar-refractivity contribution in [3.8, 4) is 0 Å². The Morgan fingerprint density at radius 3 is 2.54 bits per heavy atom. The van der Waals surface area contributed by atoms with E-state index in [9.17, 15) is 9.59 Å². The zero-order chi connectivity index (χ0) is 19.5. The van der Waals surface area contributed by atoms with Crippen molar-refractivity contribution >= 4 is 28.6 Å². The Balaban J connectivity index is 1.60. The number of rotatable bonds is 5. The molecule has 2 saturated carbocycles. The van der Waals surface area contributed by atoms with Crippen LogP contribution in [0.3, 0.4) is 0 Å². The van der Waals surface area contributed by atoms with Crippen LogP contribution in [0.2, 0.25) is 0 Å². The van der Waals surface area contributed by atoms with Gasteiger partial charge in [-0.3, -0.25) is 14.2 Å². The molecule has 0 spiro atoms. The van der Waals surface area contributed by atoms with Crippen molar-refractivity contribution in [1.82, 2.24) is 14.9 Å². The van der Waals surface area contributed by atoms with Crippen molar-refractivity contribution < 1.29 is 4.79 Å². The van der Waals surface area contributed by atoms with Crippen LogP contribution in [0.15, 0.2) is 34.2 Å². The fourth-order valence-corrected chi connectivity index (χ4v) is 5.46. The van der Waals surface area contributed by atoms with Gasteiger partial charge in [0.2, 0.25) is 5.91 Å². The van der Waals surface area contributed by atoms with Crippen molar-refractivity contribution in [3.05, 3.63) is 34.6 Å². The maximum Gasteiger partial charge on any atom is 0.262 e. The van der Waals surface area contributed by atoms with Gasteiger partial charge in [-0.2, -0.15) is 0 Å². The van der Waals surface area contributed by atoms with E-state index in [1.807, 2.05) is 35.8 Å². The molecule has 1 N–H and O–H groups in total. The molecule has 6 heteroatoms. The van der Waals surface area contributed by atoms with Gasteiger partial charge < -0.3 is 5.32 Å². The topological polar surface area (TPSA) is 64.0 Å². The highest BCUT2D eigenvalue weighted by molar-refractivity contribution is 8.00. The molecular formula is C22H29N3O2S. The van der Waals surface area contributed by atoms with Gasteiger partial charge in [-0.25, -0.2) is 4.98 Å². The van der Waals surface area contributed by atoms with Gasteiger partial charge in [0.25, 0.3) is 5.56 Å². The minimum absolute atomic E-state index is 0.0277. The third kappa shape index (κ3) is 4.12. The minimum Gasteiger partial charge on any atom is -0.352 e. The maximum atomic E-state index is 13.2. The van der Waals surface area contributed by atoms with Crippen LogP contribution in [0, 0.1) is 0 Å². The van der Waals surface area contributed by atoms with E-state index in [4.69, 9.17) is 4.98 Å². The Kier molecular flexibility index (Phi) is 6.04. The van der Waals surface area contributed by atoms with E-state index in [-0.39, 0.29) is 22.8 Å². The first-order valence-corrected chi connectivity index (χ1v) is 11.5. The van der Waals surface area contributed by atoms with Crippen LogP contribution in [0.5, 0.6) is 0 Å². The lowest BCUT2D eigenvalue weighted by atomic mass is 9.95. The zero-order valence-corrected chi connectivity index (χ0v) is 17.3. The first-order chi connectivity index (χ1) is 13.6. The van der Waals surface area contributed by atoms with Crippen LogP contribution in [-0.4, -0.2) is 26.8 Å². The zero-order valence-electron chi connectivity index (χ0n) is 16.5. The van der Waals surface area contributed by atoms with Crippen LogP contribution < -0.4 is 10.9 Å². The Labute approximate surface area is 170 Å². The molecule has 4 rings (SSSR count). The molecule has 0 saturated heterocycles. The predicted octanol–water partition coefficient (Wildman–Crippen LogP) is 4.44. The van der Waals surface area contributed by atoms with Crippen molar-refractivity contribution in [2.75, 3.05) is 0 Å². The molecule has 2 fully saturated rings. The number of amides is 1. The summed E-state index contributed by atoms with van der Waals surface area (Å²) in [5, 5.41) is 4.28. The van der Waals surface area contributed by atoms with E-state index in [0.717, 1.165) is 38.5 Å².